The van der Waals surface area contributed by atoms with Crippen molar-refractivity contribution in [3.05, 3.63) is 41.9 Å². The van der Waals surface area contributed by atoms with E-state index in [1.54, 1.807) is 6.20 Å². The molecule has 1 unspecified atom stereocenters. The number of carbonyl (C=O) groups excluding carboxylic acids is 1. The summed E-state index contributed by atoms with van der Waals surface area (Å²) < 4.78 is 17.1. The molecule has 2 aliphatic heterocycles. The van der Waals surface area contributed by atoms with Gasteiger partial charge in [-0.2, -0.15) is 0 Å². The maximum Gasteiger partial charge on any atom is 0.223 e. The summed E-state index contributed by atoms with van der Waals surface area (Å²) in [4.78, 5) is 19.1. The zero-order valence-electron chi connectivity index (χ0n) is 15.7. The van der Waals surface area contributed by atoms with Gasteiger partial charge in [-0.1, -0.05) is 29.8 Å². The molecule has 1 amide bonds. The number of aryl methyl sites for hydroxylation is 2. The van der Waals surface area contributed by atoms with E-state index in [1.165, 1.54) is 5.56 Å². The number of piperidine rings is 1. The highest BCUT2D eigenvalue weighted by atomic mass is 16.7. The van der Waals surface area contributed by atoms with Crippen molar-refractivity contribution in [1.29, 1.82) is 0 Å². The number of oxazole rings is 1. The number of aromatic nitrogens is 1. The van der Waals surface area contributed by atoms with E-state index in [1.807, 2.05) is 29.2 Å². The number of hydrogen-bond donors (Lipinski definition) is 0. The van der Waals surface area contributed by atoms with Crippen LogP contribution in [0.2, 0.25) is 0 Å². The molecule has 0 radical (unpaired) electrons. The second-order valence-corrected chi connectivity index (χ2v) is 7.24. The minimum atomic E-state index is -0.274. The molecule has 3 heterocycles. The fourth-order valence-electron chi connectivity index (χ4n) is 3.78. The van der Waals surface area contributed by atoms with Crippen molar-refractivity contribution < 1.29 is 18.7 Å². The van der Waals surface area contributed by atoms with Crippen molar-refractivity contribution in [3.8, 4) is 11.3 Å². The average Bonchev–Trinajstić information content (AvgIpc) is 3.39. The van der Waals surface area contributed by atoms with Crippen LogP contribution < -0.4 is 0 Å². The summed E-state index contributed by atoms with van der Waals surface area (Å²) in [6.45, 7) is 4.05. The highest BCUT2D eigenvalue weighted by molar-refractivity contribution is 5.76. The highest BCUT2D eigenvalue weighted by Gasteiger charge is 2.36. The molecule has 6 nitrogen and oxygen atoms in total. The predicted molar refractivity (Wildman–Crippen MR) is 100 cm³/mol. The first-order valence-electron chi connectivity index (χ1n) is 9.75. The van der Waals surface area contributed by atoms with Crippen molar-refractivity contribution in [3.63, 3.8) is 0 Å². The monoisotopic (exact) mass is 370 g/mol. The molecule has 1 aromatic heterocycles. The summed E-state index contributed by atoms with van der Waals surface area (Å²) in [6.07, 6.45) is 5.42. The number of carbonyl (C=O) groups is 1. The van der Waals surface area contributed by atoms with Crippen LogP contribution in [-0.4, -0.2) is 47.9 Å². The molecule has 4 rings (SSSR count). The van der Waals surface area contributed by atoms with Crippen LogP contribution in [0.25, 0.3) is 11.3 Å². The Labute approximate surface area is 159 Å². The first kappa shape index (κ1) is 18.2. The van der Waals surface area contributed by atoms with Gasteiger partial charge in [-0.25, -0.2) is 4.98 Å². The zero-order chi connectivity index (χ0) is 18.6. The lowest BCUT2D eigenvalue weighted by Gasteiger charge is -2.38. The lowest BCUT2D eigenvalue weighted by Crippen LogP contribution is -2.50. The molecule has 144 valence electrons. The average molecular weight is 370 g/mol. The number of nitrogens with zero attached hydrogens (tertiary/aromatic N) is 2. The Kier molecular flexibility index (Phi) is 5.55. The largest absolute Gasteiger partial charge is 0.441 e. The Balaban J connectivity index is 1.36. The fraction of sp³-hybridized carbons (Fsp3) is 0.524. The number of rotatable bonds is 5. The number of hydrogen-bond acceptors (Lipinski definition) is 5. The molecule has 0 saturated carbocycles. The van der Waals surface area contributed by atoms with Gasteiger partial charge in [0.05, 0.1) is 25.5 Å². The van der Waals surface area contributed by atoms with E-state index in [0.29, 0.717) is 31.9 Å². The van der Waals surface area contributed by atoms with Crippen LogP contribution >= 0.6 is 0 Å². The highest BCUT2D eigenvalue weighted by Crippen LogP contribution is 2.26. The number of amides is 1. The van der Waals surface area contributed by atoms with Crippen molar-refractivity contribution in [2.75, 3.05) is 19.8 Å². The molecule has 1 aromatic carbocycles. The first-order chi connectivity index (χ1) is 13.2. The molecule has 2 fully saturated rings. The van der Waals surface area contributed by atoms with Crippen LogP contribution in [-0.2, 0) is 20.7 Å². The predicted octanol–water partition coefficient (Wildman–Crippen LogP) is 3.34. The van der Waals surface area contributed by atoms with Gasteiger partial charge in [0.2, 0.25) is 5.91 Å². The van der Waals surface area contributed by atoms with Gasteiger partial charge in [0.25, 0.3) is 0 Å². The quantitative estimate of drug-likeness (QED) is 0.808. The number of likely N-dealkylation sites (tertiary alicyclic amines) is 1. The number of benzene rings is 1. The van der Waals surface area contributed by atoms with Crippen LogP contribution in [0.1, 0.15) is 37.1 Å². The molecule has 0 spiro atoms. The van der Waals surface area contributed by atoms with Gasteiger partial charge in [0, 0.05) is 24.9 Å². The molecule has 0 bridgehead atoms. The second-order valence-electron chi connectivity index (χ2n) is 7.24. The van der Waals surface area contributed by atoms with E-state index in [-0.39, 0.29) is 18.2 Å². The summed E-state index contributed by atoms with van der Waals surface area (Å²) in [5, 5.41) is 0. The van der Waals surface area contributed by atoms with E-state index < -0.39 is 0 Å². The Morgan fingerprint density at radius 2 is 1.96 bits per heavy atom. The Morgan fingerprint density at radius 1 is 1.19 bits per heavy atom. The fourth-order valence-corrected chi connectivity index (χ4v) is 3.78. The smallest absolute Gasteiger partial charge is 0.223 e. The summed E-state index contributed by atoms with van der Waals surface area (Å²) in [6, 6.07) is 8.16. The van der Waals surface area contributed by atoms with Crippen LogP contribution in [0.4, 0.5) is 0 Å². The minimum Gasteiger partial charge on any atom is -0.441 e. The van der Waals surface area contributed by atoms with E-state index >= 15 is 0 Å². The van der Waals surface area contributed by atoms with Gasteiger partial charge in [-0.15, -0.1) is 0 Å². The zero-order valence-corrected chi connectivity index (χ0v) is 15.7. The number of ether oxygens (including phenoxy) is 2. The third kappa shape index (κ3) is 4.22. The van der Waals surface area contributed by atoms with Gasteiger partial charge in [-0.05, 0) is 26.2 Å². The molecule has 2 aliphatic rings. The third-order valence-corrected chi connectivity index (χ3v) is 5.27. The first-order valence-corrected chi connectivity index (χ1v) is 9.75. The summed E-state index contributed by atoms with van der Waals surface area (Å²) in [5.41, 5.74) is 2.20. The molecular weight excluding hydrogens is 344 g/mol. The third-order valence-electron chi connectivity index (χ3n) is 5.27. The van der Waals surface area contributed by atoms with Crippen molar-refractivity contribution in [2.45, 2.75) is 51.4 Å². The normalized spacial score (nSPS) is 20.9. The topological polar surface area (TPSA) is 64.8 Å². The molecule has 2 saturated heterocycles. The van der Waals surface area contributed by atoms with Gasteiger partial charge in [0.1, 0.15) is 0 Å². The Morgan fingerprint density at radius 3 is 2.74 bits per heavy atom. The molecule has 27 heavy (non-hydrogen) atoms. The van der Waals surface area contributed by atoms with Crippen molar-refractivity contribution in [2.24, 2.45) is 0 Å². The maximum absolute atomic E-state index is 12.8. The van der Waals surface area contributed by atoms with E-state index in [0.717, 1.165) is 37.1 Å². The van der Waals surface area contributed by atoms with E-state index in [4.69, 9.17) is 13.9 Å². The van der Waals surface area contributed by atoms with Gasteiger partial charge < -0.3 is 18.8 Å². The lowest BCUT2D eigenvalue weighted by molar-refractivity contribution is -0.150. The SMILES string of the molecule is Cc1ccc(-c2cnc(CCC(=O)N3CCCCC3C3OCCO3)o2)cc1. The van der Waals surface area contributed by atoms with Crippen LogP contribution in [0.3, 0.4) is 0 Å². The van der Waals surface area contributed by atoms with Gasteiger partial charge in [-0.3, -0.25) is 4.79 Å². The molecule has 0 N–H and O–H groups in total. The van der Waals surface area contributed by atoms with E-state index in [2.05, 4.69) is 11.9 Å². The molecule has 2 aromatic rings. The van der Waals surface area contributed by atoms with Crippen molar-refractivity contribution in [1.82, 2.24) is 9.88 Å². The van der Waals surface area contributed by atoms with Crippen molar-refractivity contribution >= 4 is 5.91 Å². The summed E-state index contributed by atoms with van der Waals surface area (Å²) in [5.74, 6) is 1.45. The molecule has 1 atom stereocenters. The summed E-state index contributed by atoms with van der Waals surface area (Å²) in [7, 11) is 0. The lowest BCUT2D eigenvalue weighted by atomic mass is 10.0. The standard InChI is InChI=1S/C21H26N2O4/c1-15-5-7-16(8-6-15)18-14-22-19(27-18)9-10-20(24)23-11-3-2-4-17(23)21-25-12-13-26-21/h5-8,14,17,21H,2-4,9-13H2,1H3. The maximum atomic E-state index is 12.8. The Hall–Kier alpha value is -2.18. The Bertz CT molecular complexity index is 765. The van der Waals surface area contributed by atoms with Gasteiger partial charge in [0.15, 0.2) is 17.9 Å². The molecule has 0 aliphatic carbocycles. The second kappa shape index (κ2) is 8.23. The van der Waals surface area contributed by atoms with Crippen LogP contribution in [0, 0.1) is 6.92 Å². The molecule has 6 heteroatoms. The minimum absolute atomic E-state index is 0.0291. The van der Waals surface area contributed by atoms with Gasteiger partial charge >= 0.3 is 0 Å². The summed E-state index contributed by atoms with van der Waals surface area (Å²) >= 11 is 0. The van der Waals surface area contributed by atoms with Crippen LogP contribution in [0.15, 0.2) is 34.9 Å². The molecular formula is C21H26N2O4. The van der Waals surface area contributed by atoms with Crippen LogP contribution in [0.5, 0.6) is 0 Å². The van der Waals surface area contributed by atoms with E-state index in [9.17, 15) is 4.79 Å².